The van der Waals surface area contributed by atoms with E-state index in [0.717, 1.165) is 38.7 Å². The van der Waals surface area contributed by atoms with E-state index in [9.17, 15) is 9.59 Å². The van der Waals surface area contributed by atoms with Gasteiger partial charge in [-0.3, -0.25) is 14.3 Å². The molecular weight excluding hydrogens is 426 g/mol. The van der Waals surface area contributed by atoms with Crippen molar-refractivity contribution in [1.82, 2.24) is 20.0 Å². The summed E-state index contributed by atoms with van der Waals surface area (Å²) in [7, 11) is 3.47. The summed E-state index contributed by atoms with van der Waals surface area (Å²) in [6.07, 6.45) is 1.88. The minimum atomic E-state index is -0.286. The van der Waals surface area contributed by atoms with Gasteiger partial charge in [0, 0.05) is 37.3 Å². The molecule has 7 nitrogen and oxygen atoms in total. The van der Waals surface area contributed by atoms with E-state index in [0.29, 0.717) is 23.4 Å². The van der Waals surface area contributed by atoms with Crippen LogP contribution in [0, 0.1) is 0 Å². The first kappa shape index (κ1) is 21.5. The third-order valence-corrected chi connectivity index (χ3v) is 6.39. The molecule has 4 aromatic rings. The molecule has 3 N–H and O–H groups in total. The van der Waals surface area contributed by atoms with E-state index in [4.69, 9.17) is 5.73 Å². The number of nitrogens with two attached hydrogens (primary N) is 1. The number of carbonyl (C=O) groups is 2. The molecule has 0 unspecified atom stereocenters. The minimum absolute atomic E-state index is 0.141. The predicted molar refractivity (Wildman–Crippen MR) is 134 cm³/mol. The van der Waals surface area contributed by atoms with Gasteiger partial charge in [-0.1, -0.05) is 43.0 Å². The van der Waals surface area contributed by atoms with Gasteiger partial charge in [-0.2, -0.15) is 5.10 Å². The van der Waals surface area contributed by atoms with Gasteiger partial charge in [-0.05, 0) is 46.0 Å². The molecule has 170 valence electrons. The molecule has 0 saturated carbocycles. The molecule has 0 radical (unpaired) electrons. The summed E-state index contributed by atoms with van der Waals surface area (Å²) in [6.45, 7) is 4.32. The molecule has 0 saturated heterocycles. The molecule has 2 amide bonds. The van der Waals surface area contributed by atoms with Gasteiger partial charge in [0.05, 0.1) is 23.8 Å². The number of hydrogen-bond acceptors (Lipinski definition) is 4. The zero-order valence-electron chi connectivity index (χ0n) is 19.1. The van der Waals surface area contributed by atoms with Crippen molar-refractivity contribution in [3.8, 4) is 22.3 Å². The van der Waals surface area contributed by atoms with Crippen LogP contribution in [0.2, 0.25) is 0 Å². The van der Waals surface area contributed by atoms with Gasteiger partial charge in [0.25, 0.3) is 5.91 Å². The molecule has 1 aromatic heterocycles. The Morgan fingerprint density at radius 3 is 2.62 bits per heavy atom. The monoisotopic (exact) mass is 451 g/mol. The lowest BCUT2D eigenvalue weighted by Crippen LogP contribution is -2.31. The summed E-state index contributed by atoms with van der Waals surface area (Å²) in [6, 6.07) is 18.2. The van der Waals surface area contributed by atoms with Gasteiger partial charge in [-0.25, -0.2) is 0 Å². The Balaban J connectivity index is 1.64. The van der Waals surface area contributed by atoms with Crippen molar-refractivity contribution in [3.05, 3.63) is 84.1 Å². The summed E-state index contributed by atoms with van der Waals surface area (Å²) in [5.74, 6) is -0.476. The zero-order valence-corrected chi connectivity index (χ0v) is 19.1. The molecule has 0 atom stereocenters. The van der Waals surface area contributed by atoms with Crippen molar-refractivity contribution in [1.29, 1.82) is 0 Å². The average Bonchev–Trinajstić information content (AvgIpc) is 3.39. The first-order valence-corrected chi connectivity index (χ1v) is 11.0. The van der Waals surface area contributed by atoms with Crippen LogP contribution in [-0.2, 0) is 18.4 Å². The Morgan fingerprint density at radius 1 is 1.12 bits per heavy atom. The highest BCUT2D eigenvalue weighted by atomic mass is 16.2. The van der Waals surface area contributed by atoms with Crippen LogP contribution in [0.4, 0.5) is 5.69 Å². The molecule has 7 heteroatoms. The second-order valence-corrected chi connectivity index (χ2v) is 8.49. The number of benzene rings is 3. The largest absolute Gasteiger partial charge is 0.398 e. The van der Waals surface area contributed by atoms with Gasteiger partial charge in [0.2, 0.25) is 5.91 Å². The second kappa shape index (κ2) is 8.19. The number of nitrogens with one attached hydrogen (secondary N) is 1. The Hall–Kier alpha value is -4.39. The van der Waals surface area contributed by atoms with Gasteiger partial charge in [0.15, 0.2) is 0 Å². The van der Waals surface area contributed by atoms with Gasteiger partial charge in [0.1, 0.15) is 0 Å². The fourth-order valence-electron chi connectivity index (χ4n) is 4.64. The maximum absolute atomic E-state index is 13.2. The number of hydrogen-bond donors (Lipinski definition) is 2. The Kier molecular flexibility index (Phi) is 5.17. The molecule has 34 heavy (non-hydrogen) atoms. The lowest BCUT2D eigenvalue weighted by Gasteiger charge is -2.17. The first-order chi connectivity index (χ1) is 16.4. The van der Waals surface area contributed by atoms with E-state index in [1.807, 2.05) is 42.2 Å². The topological polar surface area (TPSA) is 93.2 Å². The number of aromatic nitrogens is 2. The van der Waals surface area contributed by atoms with E-state index in [1.54, 1.807) is 18.0 Å². The van der Waals surface area contributed by atoms with E-state index >= 15 is 0 Å². The van der Waals surface area contributed by atoms with Crippen LogP contribution < -0.4 is 11.1 Å². The molecule has 1 aliphatic heterocycles. The van der Waals surface area contributed by atoms with Crippen LogP contribution >= 0.6 is 0 Å². The third-order valence-electron chi connectivity index (χ3n) is 6.39. The fourth-order valence-corrected chi connectivity index (χ4v) is 4.64. The molecule has 5 rings (SSSR count). The number of anilines is 1. The molecule has 3 aromatic carbocycles. The van der Waals surface area contributed by atoms with Crippen LogP contribution in [0.15, 0.2) is 72.9 Å². The SMILES string of the molecule is C=C(CN1Cc2c(-c3cc(-c4ccccc4)c4cnn(C)c4c3)ccc(N)c2C1=O)C(=O)NC. The van der Waals surface area contributed by atoms with Crippen molar-refractivity contribution >= 4 is 28.4 Å². The maximum Gasteiger partial charge on any atom is 0.256 e. The van der Waals surface area contributed by atoms with Crippen molar-refractivity contribution in [2.24, 2.45) is 7.05 Å². The summed E-state index contributed by atoms with van der Waals surface area (Å²) in [5, 5.41) is 8.09. The second-order valence-electron chi connectivity index (χ2n) is 8.49. The quantitative estimate of drug-likeness (QED) is 0.357. The Morgan fingerprint density at radius 2 is 1.88 bits per heavy atom. The molecule has 0 bridgehead atoms. The molecule has 2 heterocycles. The number of fused-ring (bicyclic) bond motifs is 2. The number of carbonyl (C=O) groups excluding carboxylic acids is 2. The highest BCUT2D eigenvalue weighted by molar-refractivity contribution is 6.07. The smallest absolute Gasteiger partial charge is 0.256 e. The van der Waals surface area contributed by atoms with E-state index < -0.39 is 0 Å². The lowest BCUT2D eigenvalue weighted by atomic mass is 9.92. The van der Waals surface area contributed by atoms with Crippen molar-refractivity contribution < 1.29 is 9.59 Å². The van der Waals surface area contributed by atoms with E-state index in [1.165, 1.54) is 0 Å². The summed E-state index contributed by atoms with van der Waals surface area (Å²) in [5.41, 5.74) is 13.4. The van der Waals surface area contributed by atoms with Crippen molar-refractivity contribution in [2.45, 2.75) is 6.54 Å². The Bertz CT molecular complexity index is 1470. The van der Waals surface area contributed by atoms with Gasteiger partial charge in [-0.15, -0.1) is 0 Å². The van der Waals surface area contributed by atoms with E-state index in [-0.39, 0.29) is 18.4 Å². The van der Waals surface area contributed by atoms with Gasteiger partial charge >= 0.3 is 0 Å². The normalized spacial score (nSPS) is 12.8. The zero-order chi connectivity index (χ0) is 24.0. The van der Waals surface area contributed by atoms with Crippen LogP contribution in [-0.4, -0.2) is 40.1 Å². The van der Waals surface area contributed by atoms with Crippen LogP contribution in [0.1, 0.15) is 15.9 Å². The minimum Gasteiger partial charge on any atom is -0.398 e. The number of rotatable bonds is 5. The summed E-state index contributed by atoms with van der Waals surface area (Å²) in [4.78, 5) is 26.8. The van der Waals surface area contributed by atoms with E-state index in [2.05, 4.69) is 41.3 Å². The number of likely N-dealkylation sites (N-methyl/N-ethyl adjacent to an activating group) is 1. The predicted octanol–water partition coefficient (Wildman–Crippen LogP) is 3.75. The standard InChI is InChI=1S/C27H25N5O2/c1-16(26(33)29-2)14-32-15-22-19(9-10-23(28)25(22)27(32)34)18-11-20(17-7-5-4-6-8-17)21-13-30-31(3)24(21)12-18/h4-13H,1,14-15,28H2,2-3H3,(H,29,33). The number of amides is 2. The first-order valence-electron chi connectivity index (χ1n) is 11.0. The maximum atomic E-state index is 13.2. The average molecular weight is 452 g/mol. The van der Waals surface area contributed by atoms with Crippen LogP contribution in [0.5, 0.6) is 0 Å². The van der Waals surface area contributed by atoms with Crippen LogP contribution in [0.25, 0.3) is 33.2 Å². The fraction of sp³-hybridized carbons (Fsp3) is 0.148. The molecule has 1 aliphatic rings. The molecule has 0 aliphatic carbocycles. The highest BCUT2D eigenvalue weighted by Crippen LogP contribution is 2.40. The number of nitrogens with zero attached hydrogens (tertiary/aromatic N) is 3. The molecular formula is C27H25N5O2. The van der Waals surface area contributed by atoms with Crippen molar-refractivity contribution in [2.75, 3.05) is 19.3 Å². The lowest BCUT2D eigenvalue weighted by molar-refractivity contribution is -0.117. The van der Waals surface area contributed by atoms with Crippen molar-refractivity contribution in [3.63, 3.8) is 0 Å². The number of nitrogen functional groups attached to an aromatic ring is 1. The third kappa shape index (κ3) is 3.42. The molecule has 0 spiro atoms. The van der Waals surface area contributed by atoms with Crippen LogP contribution in [0.3, 0.4) is 0 Å². The summed E-state index contributed by atoms with van der Waals surface area (Å²) < 4.78 is 1.85. The summed E-state index contributed by atoms with van der Waals surface area (Å²) >= 11 is 0. The molecule has 0 fully saturated rings. The number of aryl methyl sites for hydroxylation is 1. The highest BCUT2D eigenvalue weighted by Gasteiger charge is 2.32. The Labute approximate surface area is 197 Å². The van der Waals surface area contributed by atoms with Gasteiger partial charge < -0.3 is 16.0 Å².